The van der Waals surface area contributed by atoms with E-state index in [4.69, 9.17) is 10.5 Å². The average Bonchev–Trinajstić information content (AvgIpc) is 2.22. The maximum absolute atomic E-state index is 10.8. The maximum Gasteiger partial charge on any atom is 0.308 e. The van der Waals surface area contributed by atoms with Crippen molar-refractivity contribution in [3.05, 3.63) is 23.8 Å². The van der Waals surface area contributed by atoms with Crippen LogP contribution in [0.15, 0.2) is 18.2 Å². The highest BCUT2D eigenvalue weighted by molar-refractivity contribution is 5.72. The molecule has 3 heteroatoms. The van der Waals surface area contributed by atoms with Gasteiger partial charge in [0.15, 0.2) is 5.75 Å². The number of ether oxygens (including phenoxy) is 1. The summed E-state index contributed by atoms with van der Waals surface area (Å²) in [4.78, 5) is 10.8. The molecule has 0 aromatic heterocycles. The molecule has 0 aliphatic rings. The minimum Gasteiger partial charge on any atom is -0.425 e. The zero-order valence-corrected chi connectivity index (χ0v) is 9.95. The third-order valence-corrected chi connectivity index (χ3v) is 2.40. The molecule has 0 heterocycles. The molecular weight excluding hydrogens is 202 g/mol. The molecule has 0 bridgehead atoms. The molecule has 1 rings (SSSR count). The number of hydrogen-bond acceptors (Lipinski definition) is 3. The smallest absolute Gasteiger partial charge is 0.308 e. The van der Waals surface area contributed by atoms with Crippen molar-refractivity contribution in [2.75, 3.05) is 5.73 Å². The van der Waals surface area contributed by atoms with Gasteiger partial charge in [-0.2, -0.15) is 0 Å². The lowest BCUT2D eigenvalue weighted by atomic mass is 10.1. The van der Waals surface area contributed by atoms with Crippen molar-refractivity contribution in [1.29, 1.82) is 0 Å². The molecule has 0 amide bonds. The van der Waals surface area contributed by atoms with Crippen LogP contribution >= 0.6 is 0 Å². The number of aryl methyl sites for hydroxylation is 1. The van der Waals surface area contributed by atoms with Crippen molar-refractivity contribution in [2.45, 2.75) is 39.5 Å². The van der Waals surface area contributed by atoms with Crippen molar-refractivity contribution >= 4 is 11.7 Å². The minimum absolute atomic E-state index is 0.342. The number of carbonyl (C=O) groups excluding carboxylic acids is 1. The molecule has 0 saturated heterocycles. The fourth-order valence-corrected chi connectivity index (χ4v) is 1.58. The van der Waals surface area contributed by atoms with E-state index in [0.717, 1.165) is 6.42 Å². The van der Waals surface area contributed by atoms with Crippen LogP contribution in [-0.2, 0) is 11.2 Å². The number of anilines is 1. The molecule has 0 fully saturated rings. The van der Waals surface area contributed by atoms with E-state index in [1.807, 2.05) is 12.1 Å². The minimum atomic E-state index is -0.342. The first-order valence-corrected chi connectivity index (χ1v) is 5.70. The van der Waals surface area contributed by atoms with E-state index in [1.54, 1.807) is 6.07 Å². The van der Waals surface area contributed by atoms with Gasteiger partial charge in [0, 0.05) is 6.92 Å². The highest BCUT2D eigenvalue weighted by Gasteiger charge is 2.04. The predicted octanol–water partition coefficient (Wildman–Crippen LogP) is 2.93. The van der Waals surface area contributed by atoms with Crippen molar-refractivity contribution in [3.63, 3.8) is 0 Å². The molecule has 1 aromatic rings. The third-order valence-electron chi connectivity index (χ3n) is 2.40. The van der Waals surface area contributed by atoms with E-state index in [1.165, 1.54) is 31.7 Å². The highest BCUT2D eigenvalue weighted by atomic mass is 16.5. The average molecular weight is 221 g/mol. The Kier molecular flexibility index (Phi) is 4.83. The monoisotopic (exact) mass is 221 g/mol. The maximum atomic E-state index is 10.8. The molecule has 0 aliphatic carbocycles. The van der Waals surface area contributed by atoms with Gasteiger partial charge in [-0.25, -0.2) is 0 Å². The second-order valence-electron chi connectivity index (χ2n) is 3.92. The van der Waals surface area contributed by atoms with Crippen molar-refractivity contribution in [3.8, 4) is 5.75 Å². The SMILES string of the molecule is CCCCCc1ccc(OC(C)=O)c(N)c1. The van der Waals surface area contributed by atoms with Crippen molar-refractivity contribution in [2.24, 2.45) is 0 Å². The van der Waals surface area contributed by atoms with Gasteiger partial charge >= 0.3 is 5.97 Å². The first-order chi connectivity index (χ1) is 7.63. The lowest BCUT2D eigenvalue weighted by molar-refractivity contribution is -0.131. The summed E-state index contributed by atoms with van der Waals surface area (Å²) in [7, 11) is 0. The number of benzene rings is 1. The van der Waals surface area contributed by atoms with Gasteiger partial charge in [-0.1, -0.05) is 25.8 Å². The molecule has 0 aliphatic heterocycles. The zero-order chi connectivity index (χ0) is 12.0. The van der Waals surface area contributed by atoms with Crippen LogP contribution in [0.1, 0.15) is 38.7 Å². The Morgan fingerprint density at radius 1 is 1.38 bits per heavy atom. The fraction of sp³-hybridized carbons (Fsp3) is 0.462. The van der Waals surface area contributed by atoms with E-state index in [9.17, 15) is 4.79 Å². The molecule has 0 unspecified atom stereocenters. The summed E-state index contributed by atoms with van der Waals surface area (Å²) >= 11 is 0. The third kappa shape index (κ3) is 3.93. The fourth-order valence-electron chi connectivity index (χ4n) is 1.58. The largest absolute Gasteiger partial charge is 0.425 e. The molecule has 0 saturated carbocycles. The van der Waals surface area contributed by atoms with Crippen LogP contribution < -0.4 is 10.5 Å². The van der Waals surface area contributed by atoms with E-state index in [2.05, 4.69) is 6.92 Å². The number of esters is 1. The topological polar surface area (TPSA) is 52.3 Å². The summed E-state index contributed by atoms with van der Waals surface area (Å²) in [5, 5.41) is 0. The summed E-state index contributed by atoms with van der Waals surface area (Å²) in [6, 6.07) is 5.61. The highest BCUT2D eigenvalue weighted by Crippen LogP contribution is 2.23. The summed E-state index contributed by atoms with van der Waals surface area (Å²) in [5.41, 5.74) is 7.52. The molecule has 0 atom stereocenters. The summed E-state index contributed by atoms with van der Waals surface area (Å²) in [6.07, 6.45) is 4.63. The quantitative estimate of drug-likeness (QED) is 0.360. The van der Waals surface area contributed by atoms with E-state index < -0.39 is 0 Å². The Bertz CT molecular complexity index is 361. The van der Waals surface area contributed by atoms with Crippen LogP contribution in [-0.4, -0.2) is 5.97 Å². The summed E-state index contributed by atoms with van der Waals surface area (Å²) < 4.78 is 4.96. The van der Waals surface area contributed by atoms with E-state index >= 15 is 0 Å². The summed E-state index contributed by atoms with van der Waals surface area (Å²) in [5.74, 6) is 0.108. The van der Waals surface area contributed by atoms with Gasteiger partial charge in [-0.3, -0.25) is 4.79 Å². The van der Waals surface area contributed by atoms with Crippen LogP contribution in [0.25, 0.3) is 0 Å². The number of carbonyl (C=O) groups is 1. The van der Waals surface area contributed by atoms with Gasteiger partial charge in [0.2, 0.25) is 0 Å². The van der Waals surface area contributed by atoms with Crippen molar-refractivity contribution in [1.82, 2.24) is 0 Å². The molecule has 1 aromatic carbocycles. The number of nitrogen functional groups attached to an aromatic ring is 1. The van der Waals surface area contributed by atoms with Crippen molar-refractivity contribution < 1.29 is 9.53 Å². The van der Waals surface area contributed by atoms with Gasteiger partial charge in [0.05, 0.1) is 5.69 Å². The zero-order valence-electron chi connectivity index (χ0n) is 9.95. The van der Waals surface area contributed by atoms with Crippen LogP contribution in [0.5, 0.6) is 5.75 Å². The Morgan fingerprint density at radius 2 is 2.12 bits per heavy atom. The van der Waals surface area contributed by atoms with Crippen LogP contribution in [0, 0.1) is 0 Å². The normalized spacial score (nSPS) is 10.1. The van der Waals surface area contributed by atoms with Crippen LogP contribution in [0.2, 0.25) is 0 Å². The number of nitrogens with two attached hydrogens (primary N) is 1. The van der Waals surface area contributed by atoms with Gasteiger partial charge in [-0.15, -0.1) is 0 Å². The Balaban J connectivity index is 2.63. The molecule has 2 N–H and O–H groups in total. The van der Waals surface area contributed by atoms with Crippen LogP contribution in [0.3, 0.4) is 0 Å². The number of unbranched alkanes of at least 4 members (excludes halogenated alkanes) is 2. The predicted molar refractivity (Wildman–Crippen MR) is 65.4 cm³/mol. The second kappa shape index (κ2) is 6.16. The lowest BCUT2D eigenvalue weighted by Gasteiger charge is -2.07. The molecular formula is C13H19NO2. The van der Waals surface area contributed by atoms with Gasteiger partial charge in [-0.05, 0) is 30.5 Å². The first-order valence-electron chi connectivity index (χ1n) is 5.70. The van der Waals surface area contributed by atoms with E-state index in [-0.39, 0.29) is 5.97 Å². The van der Waals surface area contributed by atoms with Crippen LogP contribution in [0.4, 0.5) is 5.69 Å². The second-order valence-corrected chi connectivity index (χ2v) is 3.92. The molecule has 3 nitrogen and oxygen atoms in total. The Morgan fingerprint density at radius 3 is 2.69 bits per heavy atom. The molecule has 0 spiro atoms. The molecule has 16 heavy (non-hydrogen) atoms. The Hall–Kier alpha value is -1.51. The number of hydrogen-bond donors (Lipinski definition) is 1. The Labute approximate surface area is 96.6 Å². The first kappa shape index (κ1) is 12.6. The molecule has 0 radical (unpaired) electrons. The van der Waals surface area contributed by atoms with Gasteiger partial charge < -0.3 is 10.5 Å². The molecule has 88 valence electrons. The van der Waals surface area contributed by atoms with Gasteiger partial charge in [0.1, 0.15) is 0 Å². The number of rotatable bonds is 5. The van der Waals surface area contributed by atoms with Gasteiger partial charge in [0.25, 0.3) is 0 Å². The lowest BCUT2D eigenvalue weighted by Crippen LogP contribution is -2.04. The standard InChI is InChI=1S/C13H19NO2/c1-3-4-5-6-11-7-8-13(12(14)9-11)16-10(2)15/h7-9H,3-6,14H2,1-2H3. The van der Waals surface area contributed by atoms with E-state index in [0.29, 0.717) is 11.4 Å². The summed E-state index contributed by atoms with van der Waals surface area (Å²) in [6.45, 7) is 3.55.